The third kappa shape index (κ3) is 3.58. The van der Waals surface area contributed by atoms with Crippen molar-refractivity contribution in [1.82, 2.24) is 25.0 Å². The molecule has 0 N–H and O–H groups in total. The van der Waals surface area contributed by atoms with E-state index >= 15 is 0 Å². The van der Waals surface area contributed by atoms with Crippen LogP contribution in [0.2, 0.25) is 0 Å². The lowest BCUT2D eigenvalue weighted by Crippen LogP contribution is -2.23. The molecule has 0 saturated carbocycles. The van der Waals surface area contributed by atoms with Crippen molar-refractivity contribution in [2.24, 2.45) is 0 Å². The molecule has 32 heavy (non-hydrogen) atoms. The molecule has 8 nitrogen and oxygen atoms in total. The summed E-state index contributed by atoms with van der Waals surface area (Å²) in [4.78, 5) is 15.7. The third-order valence-corrected chi connectivity index (χ3v) is 5.91. The van der Waals surface area contributed by atoms with Crippen LogP contribution in [0.5, 0.6) is 11.5 Å². The van der Waals surface area contributed by atoms with Gasteiger partial charge in [-0.2, -0.15) is 4.98 Å². The molecule has 5 heterocycles. The zero-order chi connectivity index (χ0) is 21.3. The Labute approximate surface area is 184 Å². The summed E-state index contributed by atoms with van der Waals surface area (Å²) < 4.78 is 16.6. The number of pyridine rings is 2. The van der Waals surface area contributed by atoms with Gasteiger partial charge in [0.15, 0.2) is 11.5 Å². The number of hydrogen-bond donors (Lipinski definition) is 0. The molecule has 3 aromatic heterocycles. The molecule has 2 aliphatic heterocycles. The number of ether oxygens (including phenoxy) is 2. The largest absolute Gasteiger partial charge is 0.454 e. The summed E-state index contributed by atoms with van der Waals surface area (Å²) in [5.74, 6) is 2.82. The molecule has 4 aromatic rings. The maximum Gasteiger partial charge on any atom is 0.244 e. The fraction of sp³-hybridized carbons (Fsp3) is 0.250. The molecular weight excluding hydrogens is 406 g/mol. The first-order valence-electron chi connectivity index (χ1n) is 10.7. The summed E-state index contributed by atoms with van der Waals surface area (Å²) >= 11 is 0. The minimum Gasteiger partial charge on any atom is -0.454 e. The minimum absolute atomic E-state index is 0.103. The number of fused-ring (bicyclic) bond motifs is 1. The van der Waals surface area contributed by atoms with Crippen molar-refractivity contribution in [2.45, 2.75) is 25.4 Å². The van der Waals surface area contributed by atoms with E-state index in [0.717, 1.165) is 54.3 Å². The van der Waals surface area contributed by atoms with Crippen molar-refractivity contribution in [3.05, 3.63) is 72.5 Å². The van der Waals surface area contributed by atoms with Crippen molar-refractivity contribution in [3.63, 3.8) is 0 Å². The second-order valence-corrected chi connectivity index (χ2v) is 7.94. The standard InChI is InChI=1S/C24H21N5O3/c1-2-20(29(11-1)14-16-3-6-21-22(12-16)31-15-30-21)24-27-23(28-32-24)18-4-5-19(26-13-18)17-7-9-25-10-8-17/h3-10,12-13,20H,1-2,11,14-15H2/t20-/m0/s1. The molecule has 0 radical (unpaired) electrons. The van der Waals surface area contributed by atoms with E-state index < -0.39 is 0 Å². The summed E-state index contributed by atoms with van der Waals surface area (Å²) in [6.45, 7) is 2.06. The molecular formula is C24H21N5O3. The van der Waals surface area contributed by atoms with E-state index in [-0.39, 0.29) is 12.8 Å². The second kappa shape index (κ2) is 8.05. The summed E-state index contributed by atoms with van der Waals surface area (Å²) in [6, 6.07) is 14.0. The Morgan fingerprint density at radius 1 is 0.969 bits per heavy atom. The van der Waals surface area contributed by atoms with Crippen LogP contribution in [0.3, 0.4) is 0 Å². The van der Waals surface area contributed by atoms with Gasteiger partial charge < -0.3 is 14.0 Å². The van der Waals surface area contributed by atoms with Crippen molar-refractivity contribution in [2.75, 3.05) is 13.3 Å². The zero-order valence-electron chi connectivity index (χ0n) is 17.3. The maximum atomic E-state index is 5.68. The highest BCUT2D eigenvalue weighted by Crippen LogP contribution is 2.36. The lowest BCUT2D eigenvalue weighted by atomic mass is 10.1. The highest BCUT2D eigenvalue weighted by atomic mass is 16.7. The van der Waals surface area contributed by atoms with Gasteiger partial charge in [0.05, 0.1) is 11.7 Å². The minimum atomic E-state index is 0.103. The summed E-state index contributed by atoms with van der Waals surface area (Å²) in [5, 5.41) is 4.22. The van der Waals surface area contributed by atoms with Gasteiger partial charge in [-0.05, 0) is 61.3 Å². The van der Waals surface area contributed by atoms with E-state index in [1.54, 1.807) is 18.6 Å². The number of aromatic nitrogens is 4. The van der Waals surface area contributed by atoms with Crippen LogP contribution in [-0.2, 0) is 6.54 Å². The maximum absolute atomic E-state index is 5.68. The van der Waals surface area contributed by atoms with Crippen LogP contribution in [0.4, 0.5) is 0 Å². The molecule has 0 spiro atoms. The van der Waals surface area contributed by atoms with E-state index in [9.17, 15) is 0 Å². The van der Waals surface area contributed by atoms with Crippen LogP contribution >= 0.6 is 0 Å². The summed E-state index contributed by atoms with van der Waals surface area (Å²) in [6.07, 6.45) is 7.38. The summed E-state index contributed by atoms with van der Waals surface area (Å²) in [5.41, 5.74) is 3.91. The molecule has 160 valence electrons. The fourth-order valence-electron chi connectivity index (χ4n) is 4.28. The first-order chi connectivity index (χ1) is 15.8. The number of nitrogens with zero attached hydrogens (tertiary/aromatic N) is 5. The molecule has 0 amide bonds. The Morgan fingerprint density at radius 3 is 2.75 bits per heavy atom. The quantitative estimate of drug-likeness (QED) is 0.467. The Kier molecular flexibility index (Phi) is 4.77. The number of likely N-dealkylation sites (tertiary alicyclic amines) is 1. The first kappa shape index (κ1) is 18.9. The fourth-order valence-corrected chi connectivity index (χ4v) is 4.28. The van der Waals surface area contributed by atoms with Gasteiger partial charge in [-0.1, -0.05) is 11.2 Å². The predicted molar refractivity (Wildman–Crippen MR) is 116 cm³/mol. The molecule has 0 unspecified atom stereocenters. The lowest BCUT2D eigenvalue weighted by Gasteiger charge is -2.21. The van der Waals surface area contributed by atoms with E-state index in [4.69, 9.17) is 19.0 Å². The summed E-state index contributed by atoms with van der Waals surface area (Å²) in [7, 11) is 0. The Morgan fingerprint density at radius 2 is 1.88 bits per heavy atom. The average Bonchev–Trinajstić information content (AvgIpc) is 3.60. The van der Waals surface area contributed by atoms with Crippen molar-refractivity contribution in [3.8, 4) is 34.1 Å². The van der Waals surface area contributed by atoms with Crippen LogP contribution in [0.25, 0.3) is 22.6 Å². The van der Waals surface area contributed by atoms with E-state index in [1.165, 1.54) is 5.56 Å². The number of hydrogen-bond acceptors (Lipinski definition) is 8. The van der Waals surface area contributed by atoms with Crippen molar-refractivity contribution < 1.29 is 14.0 Å². The van der Waals surface area contributed by atoms with Gasteiger partial charge in [-0.3, -0.25) is 14.9 Å². The molecule has 1 saturated heterocycles. The van der Waals surface area contributed by atoms with Gasteiger partial charge >= 0.3 is 0 Å². The van der Waals surface area contributed by atoms with Crippen LogP contribution < -0.4 is 9.47 Å². The van der Waals surface area contributed by atoms with Crippen LogP contribution in [0, 0.1) is 0 Å². The van der Waals surface area contributed by atoms with Crippen LogP contribution in [-0.4, -0.2) is 38.3 Å². The first-order valence-corrected chi connectivity index (χ1v) is 10.7. The van der Waals surface area contributed by atoms with E-state index in [1.807, 2.05) is 36.4 Å². The molecule has 1 atom stereocenters. The average molecular weight is 427 g/mol. The highest BCUT2D eigenvalue weighted by molar-refractivity contribution is 5.62. The van der Waals surface area contributed by atoms with Gasteiger partial charge in [0.2, 0.25) is 18.5 Å². The Bertz CT molecular complexity index is 1230. The Balaban J connectivity index is 1.19. The topological polar surface area (TPSA) is 86.4 Å². The SMILES string of the molecule is c1cc(-c2ccc(-c3noc([C@@H]4CCCN4Cc4ccc5c(c4)OCO5)n3)cn2)ccn1. The van der Waals surface area contributed by atoms with Gasteiger partial charge in [-0.15, -0.1) is 0 Å². The molecule has 0 bridgehead atoms. The third-order valence-electron chi connectivity index (χ3n) is 5.91. The van der Waals surface area contributed by atoms with Gasteiger partial charge in [-0.25, -0.2) is 0 Å². The van der Waals surface area contributed by atoms with Gasteiger partial charge in [0.25, 0.3) is 0 Å². The monoisotopic (exact) mass is 427 g/mol. The predicted octanol–water partition coefficient (Wildman–Crippen LogP) is 4.26. The van der Waals surface area contributed by atoms with E-state index in [2.05, 4.69) is 26.1 Å². The second-order valence-electron chi connectivity index (χ2n) is 7.94. The molecule has 6 rings (SSSR count). The molecule has 1 aromatic carbocycles. The zero-order valence-corrected chi connectivity index (χ0v) is 17.3. The van der Waals surface area contributed by atoms with Crippen LogP contribution in [0.1, 0.15) is 30.3 Å². The molecule has 2 aliphatic rings. The normalized spacial score (nSPS) is 17.7. The lowest BCUT2D eigenvalue weighted by molar-refractivity contribution is 0.173. The molecule has 1 fully saturated rings. The molecule has 8 heteroatoms. The highest BCUT2D eigenvalue weighted by Gasteiger charge is 2.31. The van der Waals surface area contributed by atoms with Crippen molar-refractivity contribution in [1.29, 1.82) is 0 Å². The van der Waals surface area contributed by atoms with E-state index in [0.29, 0.717) is 11.7 Å². The van der Waals surface area contributed by atoms with Gasteiger partial charge in [0.1, 0.15) is 0 Å². The molecule has 0 aliphatic carbocycles. The van der Waals surface area contributed by atoms with Gasteiger partial charge in [0, 0.05) is 36.3 Å². The van der Waals surface area contributed by atoms with Crippen LogP contribution in [0.15, 0.2) is 65.6 Å². The number of rotatable bonds is 5. The van der Waals surface area contributed by atoms with Crippen molar-refractivity contribution >= 4 is 0 Å². The smallest absolute Gasteiger partial charge is 0.244 e. The Hall–Kier alpha value is -3.78. The number of benzene rings is 1.